The highest BCUT2D eigenvalue weighted by molar-refractivity contribution is 14.1. The van der Waals surface area contributed by atoms with Gasteiger partial charge in [-0.25, -0.2) is 8.42 Å². The van der Waals surface area contributed by atoms with Crippen LogP contribution in [0.25, 0.3) is 0 Å². The van der Waals surface area contributed by atoms with Crippen LogP contribution in [0.2, 0.25) is 0 Å². The van der Waals surface area contributed by atoms with Crippen molar-refractivity contribution >= 4 is 44.2 Å². The lowest BCUT2D eigenvalue weighted by Gasteiger charge is -2.24. The summed E-state index contributed by atoms with van der Waals surface area (Å²) in [7, 11) is -3.91. The highest BCUT2D eigenvalue weighted by Gasteiger charge is 2.27. The number of hydrogen-bond donors (Lipinski definition) is 1. The molecule has 32 heavy (non-hydrogen) atoms. The highest BCUT2D eigenvalue weighted by atomic mass is 127. The summed E-state index contributed by atoms with van der Waals surface area (Å²) in [5, 5.41) is 2.74. The zero-order valence-corrected chi connectivity index (χ0v) is 20.9. The van der Waals surface area contributed by atoms with Gasteiger partial charge in [0.25, 0.3) is 10.0 Å². The molecule has 0 aliphatic rings. The van der Waals surface area contributed by atoms with E-state index in [0.29, 0.717) is 5.69 Å². The third-order valence-electron chi connectivity index (χ3n) is 4.90. The lowest BCUT2D eigenvalue weighted by molar-refractivity contribution is -0.119. The molecule has 3 aromatic carbocycles. The van der Waals surface area contributed by atoms with Crippen LogP contribution in [0, 0.1) is 17.4 Å². The fourth-order valence-corrected chi connectivity index (χ4v) is 4.79. The van der Waals surface area contributed by atoms with E-state index in [-0.39, 0.29) is 24.6 Å². The normalized spacial score (nSPS) is 11.1. The molecule has 3 aromatic rings. The van der Waals surface area contributed by atoms with Crippen LogP contribution in [-0.4, -0.2) is 34.0 Å². The number of sulfonamides is 1. The van der Waals surface area contributed by atoms with Gasteiger partial charge in [-0.15, -0.1) is 0 Å². The molecule has 0 unspecified atom stereocenters. The SMILES string of the molecule is Cc1ccc(OCCNC(=O)CN(c2ccc(I)cc2)S(=O)(=O)c2ccccc2)cc1C. The topological polar surface area (TPSA) is 75.7 Å². The second kappa shape index (κ2) is 10.8. The minimum atomic E-state index is -3.91. The standard InChI is InChI=1S/C24H25IN2O4S/c1-18-8-13-22(16-19(18)2)31-15-14-26-24(28)17-27(21-11-9-20(25)10-12-21)32(29,30)23-6-4-3-5-7-23/h3-13,16H,14-15,17H2,1-2H3,(H,26,28). The molecule has 0 saturated carbocycles. The van der Waals surface area contributed by atoms with Crippen molar-refractivity contribution in [3.05, 3.63) is 87.5 Å². The number of halogens is 1. The molecule has 0 spiro atoms. The lowest BCUT2D eigenvalue weighted by atomic mass is 10.1. The average molecular weight is 564 g/mol. The van der Waals surface area contributed by atoms with Gasteiger partial charge in [-0.3, -0.25) is 9.10 Å². The molecule has 1 N–H and O–H groups in total. The molecule has 0 fully saturated rings. The van der Waals surface area contributed by atoms with E-state index in [1.165, 1.54) is 17.7 Å². The van der Waals surface area contributed by atoms with Crippen LogP contribution >= 0.6 is 22.6 Å². The Hall–Kier alpha value is -2.59. The summed E-state index contributed by atoms with van der Waals surface area (Å²) < 4.78 is 34.3. The molecule has 0 aromatic heterocycles. The Bertz CT molecular complexity index is 1170. The zero-order valence-electron chi connectivity index (χ0n) is 17.9. The monoisotopic (exact) mass is 564 g/mol. The van der Waals surface area contributed by atoms with Gasteiger partial charge < -0.3 is 10.1 Å². The molecule has 0 heterocycles. The molecular formula is C24H25IN2O4S. The number of amides is 1. The van der Waals surface area contributed by atoms with Crippen LogP contribution in [0.1, 0.15) is 11.1 Å². The third-order valence-corrected chi connectivity index (χ3v) is 7.41. The minimum absolute atomic E-state index is 0.129. The Morgan fingerprint density at radius 2 is 1.66 bits per heavy atom. The molecule has 0 saturated heterocycles. The minimum Gasteiger partial charge on any atom is -0.492 e. The molecular weight excluding hydrogens is 539 g/mol. The van der Waals surface area contributed by atoms with Crippen LogP contribution in [0.3, 0.4) is 0 Å². The van der Waals surface area contributed by atoms with Gasteiger partial charge in [0.15, 0.2) is 0 Å². The van der Waals surface area contributed by atoms with E-state index in [9.17, 15) is 13.2 Å². The molecule has 168 valence electrons. The van der Waals surface area contributed by atoms with Crippen molar-refractivity contribution in [2.24, 2.45) is 0 Å². The number of rotatable bonds is 9. The molecule has 0 aliphatic carbocycles. The van der Waals surface area contributed by atoms with E-state index < -0.39 is 15.9 Å². The molecule has 0 bridgehead atoms. The van der Waals surface area contributed by atoms with E-state index in [1.54, 1.807) is 42.5 Å². The largest absolute Gasteiger partial charge is 0.492 e. The lowest BCUT2D eigenvalue weighted by Crippen LogP contribution is -2.41. The number of aryl methyl sites for hydroxylation is 2. The first-order valence-corrected chi connectivity index (χ1v) is 12.6. The summed E-state index contributed by atoms with van der Waals surface area (Å²) in [6.45, 7) is 4.25. The molecule has 0 atom stereocenters. The van der Waals surface area contributed by atoms with Crippen LogP contribution in [0.5, 0.6) is 5.75 Å². The second-order valence-corrected chi connectivity index (χ2v) is 10.4. The molecule has 1 amide bonds. The Balaban J connectivity index is 1.67. The van der Waals surface area contributed by atoms with Gasteiger partial charge in [-0.1, -0.05) is 24.3 Å². The highest BCUT2D eigenvalue weighted by Crippen LogP contribution is 2.24. The number of carbonyl (C=O) groups is 1. The predicted octanol–water partition coefficient (Wildman–Crippen LogP) is 4.30. The number of nitrogens with one attached hydrogen (secondary N) is 1. The number of hydrogen-bond acceptors (Lipinski definition) is 4. The third kappa shape index (κ3) is 6.23. The van der Waals surface area contributed by atoms with Crippen LogP contribution in [-0.2, 0) is 14.8 Å². The summed E-state index contributed by atoms with van der Waals surface area (Å²) >= 11 is 2.15. The van der Waals surface area contributed by atoms with Crippen molar-refractivity contribution in [2.45, 2.75) is 18.7 Å². The predicted molar refractivity (Wildman–Crippen MR) is 135 cm³/mol. The van der Waals surface area contributed by atoms with E-state index in [2.05, 4.69) is 27.9 Å². The Morgan fingerprint density at radius 3 is 2.31 bits per heavy atom. The first kappa shape index (κ1) is 24.1. The number of nitrogens with zero attached hydrogens (tertiary/aromatic N) is 1. The maximum atomic E-state index is 13.2. The fraction of sp³-hybridized carbons (Fsp3) is 0.208. The molecule has 0 aliphatic heterocycles. The van der Waals surface area contributed by atoms with Crippen LogP contribution < -0.4 is 14.4 Å². The van der Waals surface area contributed by atoms with Crippen LogP contribution in [0.15, 0.2) is 77.7 Å². The van der Waals surface area contributed by atoms with Crippen molar-refractivity contribution in [1.82, 2.24) is 5.32 Å². The van der Waals surface area contributed by atoms with E-state index in [0.717, 1.165) is 19.2 Å². The maximum Gasteiger partial charge on any atom is 0.264 e. The second-order valence-electron chi connectivity index (χ2n) is 7.25. The van der Waals surface area contributed by atoms with Crippen molar-refractivity contribution in [1.29, 1.82) is 0 Å². The molecule has 0 radical (unpaired) electrons. The van der Waals surface area contributed by atoms with Crippen molar-refractivity contribution in [2.75, 3.05) is 24.0 Å². The summed E-state index contributed by atoms with van der Waals surface area (Å²) in [6.07, 6.45) is 0. The molecule has 6 nitrogen and oxygen atoms in total. The zero-order chi connectivity index (χ0) is 23.1. The quantitative estimate of drug-likeness (QED) is 0.311. The van der Waals surface area contributed by atoms with Crippen LogP contribution in [0.4, 0.5) is 5.69 Å². The van der Waals surface area contributed by atoms with Gasteiger partial charge in [-0.05, 0) is 96.1 Å². The first-order valence-electron chi connectivity index (χ1n) is 10.1. The number of anilines is 1. The van der Waals surface area contributed by atoms with E-state index in [1.807, 2.05) is 32.0 Å². The van der Waals surface area contributed by atoms with Crippen molar-refractivity contribution in [3.63, 3.8) is 0 Å². The van der Waals surface area contributed by atoms with Gasteiger partial charge in [0.2, 0.25) is 5.91 Å². The average Bonchev–Trinajstić information content (AvgIpc) is 2.78. The number of carbonyl (C=O) groups excluding carboxylic acids is 1. The number of benzene rings is 3. The van der Waals surface area contributed by atoms with E-state index >= 15 is 0 Å². The summed E-state index contributed by atoms with van der Waals surface area (Å²) in [5.41, 5.74) is 2.74. The Labute approximate surface area is 202 Å². The first-order chi connectivity index (χ1) is 15.3. The van der Waals surface area contributed by atoms with Gasteiger partial charge in [-0.2, -0.15) is 0 Å². The van der Waals surface area contributed by atoms with Gasteiger partial charge in [0, 0.05) is 3.57 Å². The molecule has 3 rings (SSSR count). The number of ether oxygens (including phenoxy) is 1. The maximum absolute atomic E-state index is 13.2. The van der Waals surface area contributed by atoms with Gasteiger partial charge in [0.05, 0.1) is 17.1 Å². The summed E-state index contributed by atoms with van der Waals surface area (Å²) in [5.74, 6) is 0.321. The van der Waals surface area contributed by atoms with Gasteiger partial charge >= 0.3 is 0 Å². The van der Waals surface area contributed by atoms with Crippen molar-refractivity contribution < 1.29 is 17.9 Å². The fourth-order valence-electron chi connectivity index (χ4n) is 2.99. The summed E-state index contributed by atoms with van der Waals surface area (Å²) in [4.78, 5) is 12.7. The smallest absolute Gasteiger partial charge is 0.264 e. The van der Waals surface area contributed by atoms with E-state index in [4.69, 9.17) is 4.74 Å². The summed E-state index contributed by atoms with van der Waals surface area (Å²) in [6, 6.07) is 20.9. The van der Waals surface area contributed by atoms with Gasteiger partial charge in [0.1, 0.15) is 18.9 Å². The Kier molecular flexibility index (Phi) is 8.14. The molecule has 8 heteroatoms. The van der Waals surface area contributed by atoms with Crippen molar-refractivity contribution in [3.8, 4) is 5.75 Å². The Morgan fingerprint density at radius 1 is 0.969 bits per heavy atom.